The molecule has 3 rings (SSSR count). The summed E-state index contributed by atoms with van der Waals surface area (Å²) in [5.74, 6) is -1.04. The molecule has 7 heteroatoms. The monoisotopic (exact) mass is 335 g/mol. The van der Waals surface area contributed by atoms with Gasteiger partial charge in [0.2, 0.25) is 0 Å². The van der Waals surface area contributed by atoms with E-state index in [9.17, 15) is 13.2 Å². The molecule has 0 bridgehead atoms. The van der Waals surface area contributed by atoms with Crippen molar-refractivity contribution < 1.29 is 18.3 Å². The smallest absolute Gasteiger partial charge is 0.305 e. The molecule has 1 aliphatic rings. The number of hydrogen-bond donors (Lipinski definition) is 1. The second-order valence-corrected chi connectivity index (χ2v) is 7.84. The molecular weight excluding hydrogens is 322 g/mol. The third-order valence-electron chi connectivity index (χ3n) is 3.46. The summed E-state index contributed by atoms with van der Waals surface area (Å²) in [7, 11) is -3.75. The molecule has 1 unspecified atom stereocenters. The van der Waals surface area contributed by atoms with Crippen molar-refractivity contribution in [1.29, 1.82) is 0 Å². The van der Waals surface area contributed by atoms with Crippen molar-refractivity contribution in [2.45, 2.75) is 16.7 Å². The minimum absolute atomic E-state index is 0.201. The van der Waals surface area contributed by atoms with E-state index in [1.54, 1.807) is 29.7 Å². The Morgan fingerprint density at radius 2 is 2.00 bits per heavy atom. The predicted molar refractivity (Wildman–Crippen MR) is 83.8 cm³/mol. The summed E-state index contributed by atoms with van der Waals surface area (Å²) < 4.78 is 26.8. The first-order chi connectivity index (χ1) is 10.5. The van der Waals surface area contributed by atoms with Crippen LogP contribution < -0.4 is 0 Å². The van der Waals surface area contributed by atoms with Gasteiger partial charge in [0.05, 0.1) is 12.5 Å². The lowest BCUT2D eigenvalue weighted by Gasteiger charge is -2.32. The van der Waals surface area contributed by atoms with Gasteiger partial charge in [0.1, 0.15) is 4.21 Å². The minimum atomic E-state index is -3.75. The highest BCUT2D eigenvalue weighted by molar-refractivity contribution is 7.91. The van der Waals surface area contributed by atoms with E-state index in [-0.39, 0.29) is 10.6 Å². The third kappa shape index (κ3) is 2.53. The Balaban J connectivity index is 2.10. The van der Waals surface area contributed by atoms with Gasteiger partial charge < -0.3 is 5.11 Å². The van der Waals surface area contributed by atoms with E-state index in [1.807, 2.05) is 12.1 Å². The van der Waals surface area contributed by atoms with Crippen LogP contribution in [0.3, 0.4) is 0 Å². The first-order valence-electron chi connectivity index (χ1n) is 6.56. The number of nitrogens with zero attached hydrogens (tertiary/aromatic N) is 1. The Morgan fingerprint density at radius 1 is 1.23 bits per heavy atom. The highest BCUT2D eigenvalue weighted by Gasteiger charge is 2.34. The average Bonchev–Trinajstić information content (AvgIpc) is 3.02. The maximum Gasteiger partial charge on any atom is 0.305 e. The number of hydrogen-bond acceptors (Lipinski definition) is 4. The molecule has 1 atom stereocenters. The van der Waals surface area contributed by atoms with E-state index >= 15 is 0 Å². The van der Waals surface area contributed by atoms with Crippen LogP contribution in [0.1, 0.15) is 23.6 Å². The summed E-state index contributed by atoms with van der Waals surface area (Å²) in [4.78, 5) is 11.2. The Bertz CT molecular complexity index is 825. The first kappa shape index (κ1) is 14.8. The SMILES string of the molecule is O=C(O)CC1c2ccccc2C=CN1S(=O)(=O)c1cccs1. The standard InChI is InChI=1S/C15H13NO4S2/c17-14(18)10-13-12-5-2-1-4-11(12)7-8-16(13)22(19,20)15-6-3-9-21-15/h1-9,13H,10H2,(H,17,18). The van der Waals surface area contributed by atoms with Crippen LogP contribution in [0.4, 0.5) is 0 Å². The highest BCUT2D eigenvalue weighted by Crippen LogP contribution is 2.37. The van der Waals surface area contributed by atoms with Crippen molar-refractivity contribution >= 4 is 33.4 Å². The summed E-state index contributed by atoms with van der Waals surface area (Å²) in [5.41, 5.74) is 1.54. The summed E-state index contributed by atoms with van der Waals surface area (Å²) in [6, 6.07) is 9.66. The molecule has 114 valence electrons. The number of benzene rings is 1. The van der Waals surface area contributed by atoms with E-state index in [0.717, 1.165) is 21.2 Å². The Labute approximate surface area is 132 Å². The number of sulfonamides is 1. The molecule has 0 fully saturated rings. The molecule has 1 N–H and O–H groups in total. The van der Waals surface area contributed by atoms with Gasteiger partial charge in [-0.05, 0) is 28.6 Å². The lowest BCUT2D eigenvalue weighted by molar-refractivity contribution is -0.137. The fourth-order valence-corrected chi connectivity index (χ4v) is 5.05. The van der Waals surface area contributed by atoms with Crippen LogP contribution in [0.15, 0.2) is 52.2 Å². The van der Waals surface area contributed by atoms with Crippen LogP contribution in [0.2, 0.25) is 0 Å². The van der Waals surface area contributed by atoms with Crippen molar-refractivity contribution in [3.05, 3.63) is 59.1 Å². The quantitative estimate of drug-likeness (QED) is 0.932. The lowest BCUT2D eigenvalue weighted by atomic mass is 9.96. The van der Waals surface area contributed by atoms with Gasteiger partial charge in [0, 0.05) is 6.20 Å². The summed E-state index contributed by atoms with van der Waals surface area (Å²) in [6.45, 7) is 0. The Hall–Kier alpha value is -2.12. The minimum Gasteiger partial charge on any atom is -0.481 e. The summed E-state index contributed by atoms with van der Waals surface area (Å²) >= 11 is 1.11. The molecule has 0 amide bonds. The molecule has 5 nitrogen and oxygen atoms in total. The molecule has 0 saturated carbocycles. The molecule has 2 heterocycles. The Kier molecular flexibility index (Phi) is 3.76. The van der Waals surface area contributed by atoms with Crippen LogP contribution in [-0.2, 0) is 14.8 Å². The number of carbonyl (C=O) groups is 1. The fraction of sp³-hybridized carbons (Fsp3) is 0.133. The van der Waals surface area contributed by atoms with E-state index in [4.69, 9.17) is 5.11 Å². The van der Waals surface area contributed by atoms with Crippen LogP contribution in [0.25, 0.3) is 6.08 Å². The van der Waals surface area contributed by atoms with E-state index in [0.29, 0.717) is 5.56 Å². The van der Waals surface area contributed by atoms with Gasteiger partial charge in [-0.1, -0.05) is 30.3 Å². The van der Waals surface area contributed by atoms with Crippen molar-refractivity contribution in [1.82, 2.24) is 4.31 Å². The maximum absolute atomic E-state index is 12.7. The zero-order valence-electron chi connectivity index (χ0n) is 11.4. The third-order valence-corrected chi connectivity index (χ3v) is 6.62. The number of carboxylic acid groups (broad SMARTS) is 1. The summed E-state index contributed by atoms with van der Waals surface area (Å²) in [6.07, 6.45) is 2.86. The molecule has 0 saturated heterocycles. The molecule has 0 radical (unpaired) electrons. The number of fused-ring (bicyclic) bond motifs is 1. The van der Waals surface area contributed by atoms with Gasteiger partial charge in [-0.2, -0.15) is 0 Å². The second kappa shape index (κ2) is 5.58. The van der Waals surface area contributed by atoms with Gasteiger partial charge in [0.15, 0.2) is 0 Å². The predicted octanol–water partition coefficient (Wildman–Crippen LogP) is 2.94. The maximum atomic E-state index is 12.7. The molecule has 1 aromatic carbocycles. The topological polar surface area (TPSA) is 74.7 Å². The highest BCUT2D eigenvalue weighted by atomic mass is 32.2. The molecule has 2 aromatic rings. The normalized spacial score (nSPS) is 17.3. The zero-order chi connectivity index (χ0) is 15.7. The van der Waals surface area contributed by atoms with Crippen molar-refractivity contribution in [2.24, 2.45) is 0 Å². The summed E-state index contributed by atoms with van der Waals surface area (Å²) in [5, 5.41) is 10.8. The van der Waals surface area contributed by atoms with Crippen LogP contribution in [0.5, 0.6) is 0 Å². The van der Waals surface area contributed by atoms with Crippen LogP contribution in [-0.4, -0.2) is 23.8 Å². The molecule has 1 aliphatic heterocycles. The van der Waals surface area contributed by atoms with Gasteiger partial charge in [-0.3, -0.25) is 9.10 Å². The number of carboxylic acids is 1. The van der Waals surface area contributed by atoms with E-state index in [1.165, 1.54) is 12.3 Å². The first-order valence-corrected chi connectivity index (χ1v) is 8.88. The van der Waals surface area contributed by atoms with Crippen molar-refractivity contribution in [3.63, 3.8) is 0 Å². The van der Waals surface area contributed by atoms with E-state index in [2.05, 4.69) is 0 Å². The van der Waals surface area contributed by atoms with E-state index < -0.39 is 22.0 Å². The zero-order valence-corrected chi connectivity index (χ0v) is 13.0. The number of thiophene rings is 1. The lowest BCUT2D eigenvalue weighted by Crippen LogP contribution is -2.33. The van der Waals surface area contributed by atoms with Gasteiger partial charge in [-0.15, -0.1) is 11.3 Å². The molecular formula is C15H13NO4S2. The van der Waals surface area contributed by atoms with Gasteiger partial charge in [-0.25, -0.2) is 8.42 Å². The average molecular weight is 335 g/mol. The van der Waals surface area contributed by atoms with Crippen LogP contribution >= 0.6 is 11.3 Å². The van der Waals surface area contributed by atoms with Gasteiger partial charge in [0.25, 0.3) is 10.0 Å². The van der Waals surface area contributed by atoms with Gasteiger partial charge >= 0.3 is 5.97 Å². The largest absolute Gasteiger partial charge is 0.481 e. The van der Waals surface area contributed by atoms with Crippen molar-refractivity contribution in [3.8, 4) is 0 Å². The van der Waals surface area contributed by atoms with Crippen molar-refractivity contribution in [2.75, 3.05) is 0 Å². The molecule has 22 heavy (non-hydrogen) atoms. The Morgan fingerprint density at radius 3 is 2.68 bits per heavy atom. The number of rotatable bonds is 4. The number of aliphatic carboxylic acids is 1. The molecule has 1 aromatic heterocycles. The second-order valence-electron chi connectivity index (χ2n) is 4.83. The molecule has 0 spiro atoms. The molecule has 0 aliphatic carbocycles. The van der Waals surface area contributed by atoms with Crippen LogP contribution in [0, 0.1) is 0 Å². The fourth-order valence-electron chi connectivity index (χ4n) is 2.49.